The average Bonchev–Trinajstić information content (AvgIpc) is 2.90. The van der Waals surface area contributed by atoms with Gasteiger partial charge in [-0.1, -0.05) is 0 Å². The van der Waals surface area contributed by atoms with Crippen LogP contribution in [-0.2, 0) is 37.3 Å². The topological polar surface area (TPSA) is 276 Å². The van der Waals surface area contributed by atoms with Crippen molar-refractivity contribution in [2.24, 2.45) is 0 Å². The summed E-state index contributed by atoms with van der Waals surface area (Å²) in [6, 6.07) is 0. The zero-order chi connectivity index (χ0) is 24.5. The van der Waals surface area contributed by atoms with Gasteiger partial charge in [-0.15, -0.1) is 12.3 Å². The Morgan fingerprint density at radius 2 is 1.88 bits per heavy atom. The number of aliphatic hydroxyl groups is 1. The molecule has 0 bridgehead atoms. The summed E-state index contributed by atoms with van der Waals surface area (Å²) in [4.78, 5) is 51.5. The van der Waals surface area contributed by atoms with Crippen molar-refractivity contribution in [3.63, 3.8) is 0 Å². The number of phosphoric acid groups is 3. The highest BCUT2D eigenvalue weighted by Gasteiger charge is 2.49. The quantitative estimate of drug-likeness (QED) is 0.145. The van der Waals surface area contributed by atoms with Gasteiger partial charge in [0.15, 0.2) is 11.5 Å². The molecule has 1 fully saturated rings. The van der Waals surface area contributed by atoms with E-state index in [1.54, 1.807) is 0 Å². The van der Waals surface area contributed by atoms with Crippen LogP contribution in [0.2, 0.25) is 0 Å². The van der Waals surface area contributed by atoms with Gasteiger partial charge in [-0.25, -0.2) is 18.5 Å². The van der Waals surface area contributed by atoms with Crippen LogP contribution >= 0.6 is 23.5 Å². The van der Waals surface area contributed by atoms with Crippen molar-refractivity contribution in [3.8, 4) is 12.3 Å². The first-order valence-electron chi connectivity index (χ1n) is 8.22. The molecule has 2 rings (SSSR count). The van der Waals surface area contributed by atoms with Crippen LogP contribution in [0.25, 0.3) is 0 Å². The van der Waals surface area contributed by atoms with E-state index in [1.165, 1.54) is 0 Å². The highest BCUT2D eigenvalue weighted by Crippen LogP contribution is 2.66. The first-order chi connectivity index (χ1) is 14.5. The fourth-order valence-electron chi connectivity index (χ4n) is 2.77. The summed E-state index contributed by atoms with van der Waals surface area (Å²) in [7, 11) is -16.7. The third-order valence-electron chi connectivity index (χ3n) is 3.95. The lowest BCUT2D eigenvalue weighted by molar-refractivity contribution is -0.115. The van der Waals surface area contributed by atoms with Crippen LogP contribution in [0.1, 0.15) is 12.8 Å². The van der Waals surface area contributed by atoms with Gasteiger partial charge >= 0.3 is 29.2 Å². The average molecular weight is 520 g/mol. The molecule has 1 saturated heterocycles. The van der Waals surface area contributed by atoms with Crippen molar-refractivity contribution in [2.75, 3.05) is 18.1 Å². The molecule has 1 aromatic heterocycles. The van der Waals surface area contributed by atoms with E-state index in [4.69, 9.17) is 37.3 Å². The summed E-state index contributed by atoms with van der Waals surface area (Å²) in [5.74, 6) is 1.99. The molecule has 0 spiro atoms. The van der Waals surface area contributed by atoms with Crippen LogP contribution in [0.5, 0.6) is 0 Å². The minimum absolute atomic E-state index is 0.101. The van der Waals surface area contributed by atoms with Gasteiger partial charge < -0.3 is 40.9 Å². The van der Waals surface area contributed by atoms with E-state index in [9.17, 15) is 28.5 Å². The molecule has 1 aromatic rings. The second-order valence-electron chi connectivity index (χ2n) is 6.38. The molecule has 180 valence electrons. The second-order valence-corrected chi connectivity index (χ2v) is 10.8. The molecule has 5 atom stereocenters. The lowest BCUT2D eigenvalue weighted by atomic mass is 10.0. The third kappa shape index (κ3) is 6.69. The number of nitrogen functional groups attached to an aromatic ring is 2. The molecule has 32 heavy (non-hydrogen) atoms. The van der Waals surface area contributed by atoms with Gasteiger partial charge in [0, 0.05) is 12.6 Å². The van der Waals surface area contributed by atoms with Gasteiger partial charge in [0.1, 0.15) is 6.10 Å². The van der Waals surface area contributed by atoms with Crippen molar-refractivity contribution in [3.05, 3.63) is 16.7 Å². The monoisotopic (exact) mass is 520 g/mol. The Kier molecular flexibility index (Phi) is 7.75. The Morgan fingerprint density at radius 1 is 1.25 bits per heavy atom. The molecule has 0 amide bonds. The molecule has 1 aliphatic heterocycles. The number of anilines is 2. The molecule has 0 aliphatic carbocycles. The molecule has 9 N–H and O–H groups in total. The first-order valence-corrected chi connectivity index (χ1v) is 12.7. The fraction of sp³-hybridized carbons (Fsp3) is 0.500. The largest absolute Gasteiger partial charge is 0.490 e. The number of rotatable bonds is 9. The molecular weight excluding hydrogens is 501 g/mol. The maximum Gasteiger partial charge on any atom is 0.490 e. The summed E-state index contributed by atoms with van der Waals surface area (Å²) in [6.07, 6.45) is 2.92. The maximum absolute atomic E-state index is 12.3. The summed E-state index contributed by atoms with van der Waals surface area (Å²) in [5, 5.41) is 10.3. The molecule has 17 nitrogen and oxygen atoms in total. The van der Waals surface area contributed by atoms with Crippen molar-refractivity contribution >= 4 is 35.0 Å². The summed E-state index contributed by atoms with van der Waals surface area (Å²) in [5.41, 5.74) is 8.39. The molecule has 0 aromatic carbocycles. The zero-order valence-electron chi connectivity index (χ0n) is 15.8. The number of hydrogen-bond donors (Lipinski definition) is 7. The van der Waals surface area contributed by atoms with Crippen LogP contribution in [0.15, 0.2) is 11.0 Å². The Hall–Kier alpha value is -1.63. The molecule has 2 heterocycles. The molecule has 2 unspecified atom stereocenters. The SMILES string of the molecule is C#CC[C@]1(n2cc(N)c(N)nc2=O)C[C@H](O)[C@@H](COP(=O)(O)OP(=O)(O)OP(=O)(O)O)O1. The highest BCUT2D eigenvalue weighted by atomic mass is 31.3. The van der Waals surface area contributed by atoms with E-state index in [0.717, 1.165) is 10.8 Å². The smallest absolute Gasteiger partial charge is 0.395 e. The van der Waals surface area contributed by atoms with E-state index in [1.807, 2.05) is 0 Å². The van der Waals surface area contributed by atoms with Gasteiger partial charge in [0.05, 0.1) is 24.8 Å². The zero-order valence-corrected chi connectivity index (χ0v) is 18.5. The summed E-state index contributed by atoms with van der Waals surface area (Å²) < 4.78 is 51.9. The number of terminal acetylenes is 1. The van der Waals surface area contributed by atoms with E-state index in [0.29, 0.717) is 0 Å². The van der Waals surface area contributed by atoms with E-state index in [2.05, 4.69) is 24.0 Å². The van der Waals surface area contributed by atoms with E-state index in [-0.39, 0.29) is 24.3 Å². The summed E-state index contributed by atoms with van der Waals surface area (Å²) >= 11 is 0. The predicted molar refractivity (Wildman–Crippen MR) is 104 cm³/mol. The van der Waals surface area contributed by atoms with E-state index >= 15 is 0 Å². The highest BCUT2D eigenvalue weighted by molar-refractivity contribution is 7.66. The number of nitrogens with two attached hydrogens (primary N) is 2. The van der Waals surface area contributed by atoms with Gasteiger partial charge in [0.2, 0.25) is 0 Å². The number of aliphatic hydroxyl groups excluding tert-OH is 1. The van der Waals surface area contributed by atoms with Crippen LogP contribution in [0.3, 0.4) is 0 Å². The van der Waals surface area contributed by atoms with Crippen LogP contribution in [0, 0.1) is 12.3 Å². The number of ether oxygens (including phenoxy) is 1. The summed E-state index contributed by atoms with van der Waals surface area (Å²) in [6.45, 7) is -0.955. The molecular formula is C12H19N4O13P3. The van der Waals surface area contributed by atoms with Gasteiger partial charge in [-0.3, -0.25) is 9.09 Å². The number of nitrogens with zero attached hydrogens (tertiary/aromatic N) is 2. The Labute approximate surface area is 179 Å². The lowest BCUT2D eigenvalue weighted by Gasteiger charge is -2.29. The Morgan fingerprint density at radius 3 is 2.44 bits per heavy atom. The maximum atomic E-state index is 12.3. The number of hydrogen-bond acceptors (Lipinski definition) is 12. The number of aromatic nitrogens is 2. The minimum atomic E-state index is -5.72. The van der Waals surface area contributed by atoms with Gasteiger partial charge in [-0.2, -0.15) is 13.6 Å². The van der Waals surface area contributed by atoms with Gasteiger partial charge in [0.25, 0.3) is 0 Å². The van der Waals surface area contributed by atoms with Crippen molar-refractivity contribution in [1.29, 1.82) is 0 Å². The normalized spacial score (nSPS) is 27.4. The van der Waals surface area contributed by atoms with Crippen molar-refractivity contribution < 1.29 is 56.3 Å². The third-order valence-corrected chi connectivity index (χ3v) is 7.75. The number of phosphoric ester groups is 1. The second kappa shape index (κ2) is 9.32. The van der Waals surface area contributed by atoms with Crippen LogP contribution in [-0.4, -0.2) is 53.0 Å². The first kappa shape index (κ1) is 26.6. The van der Waals surface area contributed by atoms with Gasteiger partial charge in [-0.05, 0) is 0 Å². The molecule has 1 aliphatic rings. The standard InChI is InChI=1S/C12H19N4O13P3/c1-2-3-12(16-5-7(13)10(14)15-11(16)18)4-8(17)9(27-12)6-26-31(22,23)29-32(24,25)28-30(19,20)21/h1,5,8-9,17H,3-4,6,13H2,(H,22,23)(H,24,25)(H2,14,15,18)(H2,19,20,21)/t8-,9+,12+/m0/s1. The lowest BCUT2D eigenvalue weighted by Crippen LogP contribution is -2.42. The fourth-order valence-corrected chi connectivity index (χ4v) is 5.80. The molecule has 0 saturated carbocycles. The van der Waals surface area contributed by atoms with Crippen LogP contribution < -0.4 is 17.2 Å². The van der Waals surface area contributed by atoms with Crippen LogP contribution in [0.4, 0.5) is 11.5 Å². The van der Waals surface area contributed by atoms with Crippen molar-refractivity contribution in [1.82, 2.24) is 9.55 Å². The Bertz CT molecular complexity index is 1110. The molecule has 20 heteroatoms. The minimum Gasteiger partial charge on any atom is -0.395 e. The Balaban J connectivity index is 2.20. The van der Waals surface area contributed by atoms with E-state index < -0.39 is 53.7 Å². The molecule has 0 radical (unpaired) electrons. The van der Waals surface area contributed by atoms with Crippen molar-refractivity contribution in [2.45, 2.75) is 30.8 Å². The predicted octanol–water partition coefficient (Wildman–Crippen LogP) is -1.42.